The van der Waals surface area contributed by atoms with Gasteiger partial charge in [0.05, 0.1) is 0 Å². The highest BCUT2D eigenvalue weighted by Crippen LogP contribution is 2.02. The summed E-state index contributed by atoms with van der Waals surface area (Å²) in [7, 11) is 0. The number of hydrogen-bond acceptors (Lipinski definition) is 5. The van der Waals surface area contributed by atoms with Crippen molar-refractivity contribution in [3.63, 3.8) is 0 Å². The molecule has 0 fully saturated rings. The summed E-state index contributed by atoms with van der Waals surface area (Å²) < 4.78 is 0. The minimum atomic E-state index is -0.351. The predicted octanol–water partition coefficient (Wildman–Crippen LogP) is 1.73. The van der Waals surface area contributed by atoms with Crippen LogP contribution in [0.5, 0.6) is 0 Å². The second kappa shape index (κ2) is 8.48. The molecule has 3 heterocycles. The molecule has 0 aliphatic carbocycles. The normalized spacial score (nSPS) is 10.2. The quantitative estimate of drug-likeness (QED) is 0.708. The molecule has 3 rings (SSSR count). The molecule has 0 unspecified atom stereocenters. The summed E-state index contributed by atoms with van der Waals surface area (Å²) >= 11 is 0. The van der Waals surface area contributed by atoms with Crippen LogP contribution < -0.4 is 10.6 Å². The molecular weight excluding hydrogens is 330 g/mol. The standard InChI is InChI=1S/C19H17N5O2/c25-18(22-12-14-4-2-8-20-10-14)16-6-1-7-17(24-16)19(26)23-13-15-5-3-9-21-11-15/h1-11H,12-13H2,(H,22,25)(H,23,26). The van der Waals surface area contributed by atoms with E-state index in [9.17, 15) is 9.59 Å². The second-order valence-corrected chi connectivity index (χ2v) is 5.50. The highest BCUT2D eigenvalue weighted by Gasteiger charge is 2.12. The topological polar surface area (TPSA) is 96.9 Å². The number of nitrogens with zero attached hydrogens (tertiary/aromatic N) is 3. The fraction of sp³-hybridized carbons (Fsp3) is 0.105. The molecule has 0 saturated heterocycles. The first-order valence-corrected chi connectivity index (χ1v) is 8.03. The lowest BCUT2D eigenvalue weighted by atomic mass is 10.2. The molecule has 7 heteroatoms. The molecule has 0 atom stereocenters. The molecule has 0 bridgehead atoms. The van der Waals surface area contributed by atoms with Crippen molar-refractivity contribution in [3.8, 4) is 0 Å². The molecule has 7 nitrogen and oxygen atoms in total. The van der Waals surface area contributed by atoms with Gasteiger partial charge in [0.25, 0.3) is 11.8 Å². The van der Waals surface area contributed by atoms with Gasteiger partial charge in [-0.1, -0.05) is 18.2 Å². The molecule has 0 aliphatic heterocycles. The van der Waals surface area contributed by atoms with Crippen molar-refractivity contribution < 1.29 is 9.59 Å². The zero-order chi connectivity index (χ0) is 18.2. The van der Waals surface area contributed by atoms with Gasteiger partial charge in [0, 0.05) is 37.9 Å². The number of rotatable bonds is 6. The Balaban J connectivity index is 1.60. The smallest absolute Gasteiger partial charge is 0.270 e. The van der Waals surface area contributed by atoms with Crippen LogP contribution in [-0.4, -0.2) is 26.8 Å². The lowest BCUT2D eigenvalue weighted by Gasteiger charge is -2.07. The van der Waals surface area contributed by atoms with Crippen LogP contribution >= 0.6 is 0 Å². The number of amides is 2. The van der Waals surface area contributed by atoms with E-state index >= 15 is 0 Å². The first-order chi connectivity index (χ1) is 12.7. The zero-order valence-corrected chi connectivity index (χ0v) is 13.9. The zero-order valence-electron chi connectivity index (χ0n) is 13.9. The van der Waals surface area contributed by atoms with Gasteiger partial charge in [-0.05, 0) is 35.4 Å². The van der Waals surface area contributed by atoms with Crippen molar-refractivity contribution in [2.45, 2.75) is 13.1 Å². The van der Waals surface area contributed by atoms with Crippen LogP contribution in [-0.2, 0) is 13.1 Å². The van der Waals surface area contributed by atoms with E-state index in [-0.39, 0.29) is 23.2 Å². The summed E-state index contributed by atoms with van der Waals surface area (Å²) in [5.74, 6) is -0.702. The average molecular weight is 347 g/mol. The minimum Gasteiger partial charge on any atom is -0.347 e. The van der Waals surface area contributed by atoms with E-state index in [1.165, 1.54) is 0 Å². The van der Waals surface area contributed by atoms with Crippen molar-refractivity contribution in [2.24, 2.45) is 0 Å². The van der Waals surface area contributed by atoms with Crippen molar-refractivity contribution >= 4 is 11.8 Å². The van der Waals surface area contributed by atoms with E-state index in [0.29, 0.717) is 13.1 Å². The van der Waals surface area contributed by atoms with Crippen molar-refractivity contribution in [2.75, 3.05) is 0 Å². The molecule has 0 aliphatic rings. The Kier molecular flexibility index (Phi) is 5.61. The maximum Gasteiger partial charge on any atom is 0.270 e. The van der Waals surface area contributed by atoms with Gasteiger partial charge in [-0.15, -0.1) is 0 Å². The third-order valence-corrected chi connectivity index (χ3v) is 3.57. The molecule has 130 valence electrons. The molecule has 0 aromatic carbocycles. The van der Waals surface area contributed by atoms with E-state index < -0.39 is 0 Å². The van der Waals surface area contributed by atoms with Crippen molar-refractivity contribution in [3.05, 3.63) is 89.8 Å². The molecule has 3 aromatic heterocycles. The Morgan fingerprint density at radius 3 is 1.65 bits per heavy atom. The van der Waals surface area contributed by atoms with E-state index in [1.54, 1.807) is 55.1 Å². The monoisotopic (exact) mass is 347 g/mol. The van der Waals surface area contributed by atoms with Gasteiger partial charge >= 0.3 is 0 Å². The van der Waals surface area contributed by atoms with Crippen LogP contribution in [0.2, 0.25) is 0 Å². The number of hydrogen-bond donors (Lipinski definition) is 2. The minimum absolute atomic E-state index is 0.183. The molecule has 0 spiro atoms. The molecule has 26 heavy (non-hydrogen) atoms. The highest BCUT2D eigenvalue weighted by molar-refractivity contribution is 5.96. The summed E-state index contributed by atoms with van der Waals surface area (Å²) in [4.78, 5) is 36.6. The highest BCUT2D eigenvalue weighted by atomic mass is 16.2. The molecule has 2 amide bonds. The third-order valence-electron chi connectivity index (χ3n) is 3.57. The van der Waals surface area contributed by atoms with E-state index in [2.05, 4.69) is 25.6 Å². The lowest BCUT2D eigenvalue weighted by molar-refractivity contribution is 0.0941. The molecule has 3 aromatic rings. The van der Waals surface area contributed by atoms with Crippen LogP contribution in [0.4, 0.5) is 0 Å². The van der Waals surface area contributed by atoms with Crippen LogP contribution in [0.1, 0.15) is 32.1 Å². The van der Waals surface area contributed by atoms with Crippen molar-refractivity contribution in [1.29, 1.82) is 0 Å². The summed E-state index contributed by atoms with van der Waals surface area (Å²) in [6.07, 6.45) is 6.69. The second-order valence-electron chi connectivity index (χ2n) is 5.50. The predicted molar refractivity (Wildman–Crippen MR) is 95.1 cm³/mol. The third kappa shape index (κ3) is 4.70. The summed E-state index contributed by atoms with van der Waals surface area (Å²) in [5.41, 5.74) is 2.13. The summed E-state index contributed by atoms with van der Waals surface area (Å²) in [6, 6.07) is 12.1. The first-order valence-electron chi connectivity index (χ1n) is 8.03. The molecule has 2 N–H and O–H groups in total. The number of pyridine rings is 3. The van der Waals surface area contributed by atoms with Gasteiger partial charge in [-0.3, -0.25) is 19.6 Å². The fourth-order valence-electron chi connectivity index (χ4n) is 2.24. The van der Waals surface area contributed by atoms with E-state index in [1.807, 2.05) is 12.1 Å². The Labute approximate surface area is 150 Å². The first kappa shape index (κ1) is 17.2. The van der Waals surface area contributed by atoms with Gasteiger partial charge in [0.1, 0.15) is 11.4 Å². The number of carbonyl (C=O) groups is 2. The number of carbonyl (C=O) groups excluding carboxylic acids is 2. The molecule has 0 radical (unpaired) electrons. The average Bonchev–Trinajstić information content (AvgIpc) is 2.72. The van der Waals surface area contributed by atoms with E-state index in [4.69, 9.17) is 0 Å². The Morgan fingerprint density at radius 2 is 1.23 bits per heavy atom. The molecular formula is C19H17N5O2. The van der Waals surface area contributed by atoms with Crippen LogP contribution in [0.25, 0.3) is 0 Å². The maximum atomic E-state index is 12.2. The fourth-order valence-corrected chi connectivity index (χ4v) is 2.24. The van der Waals surface area contributed by atoms with Gasteiger partial charge in [-0.25, -0.2) is 4.98 Å². The summed E-state index contributed by atoms with van der Waals surface area (Å²) in [6.45, 7) is 0.678. The Bertz CT molecular complexity index is 814. The number of aromatic nitrogens is 3. The Hall–Kier alpha value is -3.61. The van der Waals surface area contributed by atoms with Crippen LogP contribution in [0.15, 0.2) is 67.3 Å². The van der Waals surface area contributed by atoms with Crippen LogP contribution in [0, 0.1) is 0 Å². The summed E-state index contributed by atoms with van der Waals surface area (Å²) in [5, 5.41) is 5.52. The SMILES string of the molecule is O=C(NCc1cccnc1)c1cccc(C(=O)NCc2cccnc2)n1. The van der Waals surface area contributed by atoms with Gasteiger partial charge in [-0.2, -0.15) is 0 Å². The van der Waals surface area contributed by atoms with Crippen molar-refractivity contribution in [1.82, 2.24) is 25.6 Å². The maximum absolute atomic E-state index is 12.2. The number of nitrogens with one attached hydrogen (secondary N) is 2. The largest absolute Gasteiger partial charge is 0.347 e. The Morgan fingerprint density at radius 1 is 0.731 bits per heavy atom. The van der Waals surface area contributed by atoms with E-state index in [0.717, 1.165) is 11.1 Å². The van der Waals surface area contributed by atoms with Gasteiger partial charge < -0.3 is 10.6 Å². The molecule has 0 saturated carbocycles. The van der Waals surface area contributed by atoms with Crippen LogP contribution in [0.3, 0.4) is 0 Å². The van der Waals surface area contributed by atoms with Gasteiger partial charge in [0.2, 0.25) is 0 Å². The van der Waals surface area contributed by atoms with Gasteiger partial charge in [0.15, 0.2) is 0 Å². The lowest BCUT2D eigenvalue weighted by Crippen LogP contribution is -2.27.